The summed E-state index contributed by atoms with van der Waals surface area (Å²) in [4.78, 5) is 16.0. The third kappa shape index (κ3) is 2.79. The number of nitrogens with two attached hydrogens (primary N) is 1. The monoisotopic (exact) mass is 253 g/mol. The first-order chi connectivity index (χ1) is 8.74. The van der Waals surface area contributed by atoms with Crippen LogP contribution in [0.5, 0.6) is 0 Å². The third-order valence-corrected chi connectivity index (χ3v) is 2.84. The van der Waals surface area contributed by atoms with Gasteiger partial charge in [-0.3, -0.25) is 4.79 Å². The molecule has 0 aromatic carbocycles. The zero-order valence-electron chi connectivity index (χ0n) is 10.6. The highest BCUT2D eigenvalue weighted by molar-refractivity contribution is 5.73. The van der Waals surface area contributed by atoms with Crippen LogP contribution in [0.15, 0.2) is 0 Å². The van der Waals surface area contributed by atoms with Crippen molar-refractivity contribution >= 4 is 11.9 Å². The Morgan fingerprint density at radius 3 is 3.22 bits per heavy atom. The molecule has 1 aromatic rings. The highest BCUT2D eigenvalue weighted by atomic mass is 16.5. The minimum absolute atomic E-state index is 0.186. The highest BCUT2D eigenvalue weighted by Gasteiger charge is 2.27. The Labute approximate surface area is 106 Å². The van der Waals surface area contributed by atoms with Gasteiger partial charge in [-0.25, -0.2) is 4.68 Å². The molecular weight excluding hydrogens is 234 g/mol. The second-order valence-electron chi connectivity index (χ2n) is 4.26. The molecule has 3 N–H and O–H groups in total. The molecule has 18 heavy (non-hydrogen) atoms. The van der Waals surface area contributed by atoms with Crippen LogP contribution in [0.3, 0.4) is 0 Å². The summed E-state index contributed by atoms with van der Waals surface area (Å²) in [6.45, 7) is 3.91. The van der Waals surface area contributed by atoms with E-state index in [4.69, 9.17) is 10.5 Å². The van der Waals surface area contributed by atoms with Gasteiger partial charge in [0.25, 0.3) is 0 Å². The number of carbonyl (C=O) groups is 1. The third-order valence-electron chi connectivity index (χ3n) is 2.84. The lowest BCUT2D eigenvalue weighted by atomic mass is 10.1. The summed E-state index contributed by atoms with van der Waals surface area (Å²) in [6, 6.07) is 0. The molecule has 1 atom stereocenters. The van der Waals surface area contributed by atoms with Gasteiger partial charge < -0.3 is 15.8 Å². The summed E-state index contributed by atoms with van der Waals surface area (Å²) < 4.78 is 6.74. The maximum absolute atomic E-state index is 11.6. The van der Waals surface area contributed by atoms with Crippen molar-refractivity contribution in [3.63, 3.8) is 0 Å². The van der Waals surface area contributed by atoms with Gasteiger partial charge in [0.15, 0.2) is 5.82 Å². The number of nitrogens with one attached hydrogen (secondary N) is 1. The van der Waals surface area contributed by atoms with E-state index in [0.29, 0.717) is 26.2 Å². The highest BCUT2D eigenvalue weighted by Crippen LogP contribution is 2.17. The number of anilines is 1. The van der Waals surface area contributed by atoms with Crippen LogP contribution in [0.2, 0.25) is 0 Å². The number of esters is 1. The lowest BCUT2D eigenvalue weighted by molar-refractivity contribution is -0.148. The fraction of sp³-hybridized carbons (Fsp3) is 0.727. The van der Waals surface area contributed by atoms with E-state index in [1.54, 1.807) is 11.6 Å². The van der Waals surface area contributed by atoms with Crippen molar-refractivity contribution in [1.82, 2.24) is 14.8 Å². The molecule has 1 unspecified atom stereocenters. The number of hydrogen-bond donors (Lipinski definition) is 2. The first-order valence-corrected chi connectivity index (χ1v) is 6.29. The predicted molar refractivity (Wildman–Crippen MR) is 66.0 cm³/mol. The number of hydrogen-bond acceptors (Lipinski definition) is 6. The van der Waals surface area contributed by atoms with E-state index in [1.165, 1.54) is 0 Å². The van der Waals surface area contributed by atoms with Crippen LogP contribution in [0.4, 0.5) is 5.95 Å². The lowest BCUT2D eigenvalue weighted by Crippen LogP contribution is -2.34. The number of ether oxygens (including phenoxy) is 1. The largest absolute Gasteiger partial charge is 0.466 e. The van der Waals surface area contributed by atoms with Crippen molar-refractivity contribution in [2.24, 2.45) is 11.7 Å². The fourth-order valence-electron chi connectivity index (χ4n) is 1.92. The summed E-state index contributed by atoms with van der Waals surface area (Å²) in [7, 11) is 0. The zero-order valence-corrected chi connectivity index (χ0v) is 10.6. The Balaban J connectivity index is 2.00. The molecule has 2 heterocycles. The van der Waals surface area contributed by atoms with Crippen molar-refractivity contribution in [1.29, 1.82) is 0 Å². The number of carbonyl (C=O) groups excluding carboxylic acids is 1. The summed E-state index contributed by atoms with van der Waals surface area (Å²) in [6.07, 6.45) is 1.63. The lowest BCUT2D eigenvalue weighted by Gasteiger charge is -2.21. The molecule has 0 saturated carbocycles. The standard InChI is InChI=1S/C11H19N5O2/c1-2-18-10(17)8-6-13-11-14-9(4-3-5-12)15-16(11)7-8/h8H,2-7,12H2,1H3,(H,13,14,15). The van der Waals surface area contributed by atoms with Gasteiger partial charge in [0.05, 0.1) is 19.1 Å². The first-order valence-electron chi connectivity index (χ1n) is 6.29. The number of aromatic nitrogens is 3. The molecule has 0 amide bonds. The first kappa shape index (κ1) is 12.8. The van der Waals surface area contributed by atoms with Crippen LogP contribution in [-0.2, 0) is 22.5 Å². The molecule has 1 aromatic heterocycles. The molecular formula is C11H19N5O2. The summed E-state index contributed by atoms with van der Waals surface area (Å²) in [5, 5.41) is 7.47. The minimum atomic E-state index is -0.193. The normalized spacial score (nSPS) is 18.0. The Morgan fingerprint density at radius 2 is 2.50 bits per heavy atom. The summed E-state index contributed by atoms with van der Waals surface area (Å²) in [5.41, 5.74) is 5.45. The molecule has 7 nitrogen and oxygen atoms in total. The van der Waals surface area contributed by atoms with E-state index >= 15 is 0 Å². The van der Waals surface area contributed by atoms with Crippen LogP contribution in [0, 0.1) is 5.92 Å². The van der Waals surface area contributed by atoms with Crippen LogP contribution < -0.4 is 11.1 Å². The van der Waals surface area contributed by atoms with E-state index in [0.717, 1.165) is 24.6 Å². The molecule has 0 radical (unpaired) electrons. The smallest absolute Gasteiger partial charge is 0.312 e. The number of fused-ring (bicyclic) bond motifs is 1. The van der Waals surface area contributed by atoms with E-state index in [9.17, 15) is 4.79 Å². The quantitative estimate of drug-likeness (QED) is 0.704. The number of rotatable bonds is 5. The van der Waals surface area contributed by atoms with E-state index in [-0.39, 0.29) is 11.9 Å². The second kappa shape index (κ2) is 5.81. The molecule has 100 valence electrons. The van der Waals surface area contributed by atoms with E-state index in [2.05, 4.69) is 15.4 Å². The van der Waals surface area contributed by atoms with Gasteiger partial charge in [-0.2, -0.15) is 10.1 Å². The number of aryl methyl sites for hydroxylation is 1. The van der Waals surface area contributed by atoms with Gasteiger partial charge >= 0.3 is 5.97 Å². The van der Waals surface area contributed by atoms with Crippen LogP contribution in [-0.4, -0.2) is 40.4 Å². The topological polar surface area (TPSA) is 95.1 Å². The van der Waals surface area contributed by atoms with Crippen molar-refractivity contribution in [2.45, 2.75) is 26.3 Å². The maximum atomic E-state index is 11.6. The van der Waals surface area contributed by atoms with Gasteiger partial charge in [-0.1, -0.05) is 0 Å². The van der Waals surface area contributed by atoms with Crippen molar-refractivity contribution in [3.8, 4) is 0 Å². The molecule has 0 fully saturated rings. The Kier molecular flexibility index (Phi) is 4.14. The van der Waals surface area contributed by atoms with Crippen LogP contribution in [0.1, 0.15) is 19.2 Å². The second-order valence-corrected chi connectivity index (χ2v) is 4.26. The van der Waals surface area contributed by atoms with E-state index < -0.39 is 0 Å². The Morgan fingerprint density at radius 1 is 1.67 bits per heavy atom. The van der Waals surface area contributed by atoms with Gasteiger partial charge in [0, 0.05) is 13.0 Å². The Bertz CT molecular complexity index is 418. The molecule has 1 aliphatic rings. The van der Waals surface area contributed by atoms with Crippen molar-refractivity contribution < 1.29 is 9.53 Å². The molecule has 7 heteroatoms. The Hall–Kier alpha value is -1.63. The van der Waals surface area contributed by atoms with E-state index in [1.807, 2.05) is 0 Å². The summed E-state index contributed by atoms with van der Waals surface area (Å²) >= 11 is 0. The average molecular weight is 253 g/mol. The molecule has 1 aliphatic heterocycles. The zero-order chi connectivity index (χ0) is 13.0. The molecule has 0 spiro atoms. The molecule has 0 aliphatic carbocycles. The maximum Gasteiger partial charge on any atom is 0.312 e. The average Bonchev–Trinajstić information content (AvgIpc) is 2.78. The van der Waals surface area contributed by atoms with Gasteiger partial charge in [0.1, 0.15) is 0 Å². The molecule has 0 saturated heterocycles. The minimum Gasteiger partial charge on any atom is -0.466 e. The summed E-state index contributed by atoms with van der Waals surface area (Å²) in [5.74, 6) is 1.12. The van der Waals surface area contributed by atoms with Crippen molar-refractivity contribution in [3.05, 3.63) is 5.82 Å². The van der Waals surface area contributed by atoms with Gasteiger partial charge in [-0.15, -0.1) is 0 Å². The molecule has 0 bridgehead atoms. The van der Waals surface area contributed by atoms with Gasteiger partial charge in [-0.05, 0) is 19.9 Å². The van der Waals surface area contributed by atoms with Crippen LogP contribution in [0.25, 0.3) is 0 Å². The van der Waals surface area contributed by atoms with Crippen molar-refractivity contribution in [2.75, 3.05) is 25.0 Å². The fourth-order valence-corrected chi connectivity index (χ4v) is 1.92. The number of nitrogens with zero attached hydrogens (tertiary/aromatic N) is 3. The van der Waals surface area contributed by atoms with Crippen LogP contribution >= 0.6 is 0 Å². The SMILES string of the molecule is CCOC(=O)C1CNc2nc(CCCN)nn2C1. The molecule has 2 rings (SSSR count). The van der Waals surface area contributed by atoms with Gasteiger partial charge in [0.2, 0.25) is 5.95 Å². The predicted octanol–water partition coefficient (Wildman–Crippen LogP) is -0.226.